The minimum atomic E-state index is -1.01. The van der Waals surface area contributed by atoms with Gasteiger partial charge >= 0.3 is 5.97 Å². The molecule has 0 aromatic carbocycles. The molecule has 2 saturated heterocycles. The predicted octanol–water partition coefficient (Wildman–Crippen LogP) is 0.648. The standard InChI is InChI=1S/C13H21NO5/c15-12(5-4-10-3-1-2-7-18-10)14-6-8-19-11(9-14)13(16)17/h10-11H,1-9H2,(H,16,17)/t10-,11-/m0/s1. The third-order valence-electron chi connectivity index (χ3n) is 3.65. The molecule has 0 saturated carbocycles. The van der Waals surface area contributed by atoms with Crippen molar-refractivity contribution < 1.29 is 24.2 Å². The van der Waals surface area contributed by atoms with E-state index in [1.165, 1.54) is 0 Å². The van der Waals surface area contributed by atoms with Crippen LogP contribution in [0.15, 0.2) is 0 Å². The molecule has 0 aromatic heterocycles. The molecule has 6 heteroatoms. The van der Waals surface area contributed by atoms with E-state index >= 15 is 0 Å². The maximum absolute atomic E-state index is 12.0. The second kappa shape index (κ2) is 6.86. The summed E-state index contributed by atoms with van der Waals surface area (Å²) >= 11 is 0. The van der Waals surface area contributed by atoms with Gasteiger partial charge in [-0.2, -0.15) is 0 Å². The SMILES string of the molecule is O=C(O)[C@@H]1CN(C(=O)CC[C@@H]2CCCCO2)CCO1. The quantitative estimate of drug-likeness (QED) is 0.812. The molecule has 2 aliphatic rings. The van der Waals surface area contributed by atoms with E-state index in [0.717, 1.165) is 32.3 Å². The zero-order valence-electron chi connectivity index (χ0n) is 11.0. The number of carboxylic acid groups (broad SMARTS) is 1. The monoisotopic (exact) mass is 271 g/mol. The lowest BCUT2D eigenvalue weighted by Gasteiger charge is -2.31. The van der Waals surface area contributed by atoms with Crippen molar-refractivity contribution in [3.05, 3.63) is 0 Å². The van der Waals surface area contributed by atoms with Gasteiger partial charge in [0, 0.05) is 19.6 Å². The van der Waals surface area contributed by atoms with Crippen LogP contribution < -0.4 is 0 Å². The Bertz CT molecular complexity index is 327. The Hall–Kier alpha value is -1.14. The second-order valence-electron chi connectivity index (χ2n) is 5.06. The molecule has 2 fully saturated rings. The van der Waals surface area contributed by atoms with Crippen molar-refractivity contribution in [2.45, 2.75) is 44.3 Å². The molecule has 0 radical (unpaired) electrons. The smallest absolute Gasteiger partial charge is 0.334 e. The van der Waals surface area contributed by atoms with Crippen molar-refractivity contribution in [2.24, 2.45) is 0 Å². The van der Waals surface area contributed by atoms with Crippen LogP contribution in [0, 0.1) is 0 Å². The average Bonchev–Trinajstić information content (AvgIpc) is 2.46. The van der Waals surface area contributed by atoms with Crippen LogP contribution >= 0.6 is 0 Å². The van der Waals surface area contributed by atoms with Gasteiger partial charge in [0.2, 0.25) is 5.91 Å². The van der Waals surface area contributed by atoms with E-state index < -0.39 is 12.1 Å². The topological polar surface area (TPSA) is 76.1 Å². The Morgan fingerprint density at radius 1 is 1.21 bits per heavy atom. The minimum absolute atomic E-state index is 0.00345. The first-order valence-corrected chi connectivity index (χ1v) is 6.90. The molecule has 2 atom stereocenters. The Morgan fingerprint density at radius 3 is 2.74 bits per heavy atom. The van der Waals surface area contributed by atoms with Crippen LogP contribution in [0.5, 0.6) is 0 Å². The van der Waals surface area contributed by atoms with Crippen molar-refractivity contribution >= 4 is 11.9 Å². The first-order chi connectivity index (χ1) is 9.16. The lowest BCUT2D eigenvalue weighted by Crippen LogP contribution is -2.48. The molecule has 0 aliphatic carbocycles. The molecule has 108 valence electrons. The van der Waals surface area contributed by atoms with Gasteiger partial charge in [0.15, 0.2) is 6.10 Å². The number of ether oxygens (including phenoxy) is 2. The van der Waals surface area contributed by atoms with E-state index in [1.54, 1.807) is 4.90 Å². The summed E-state index contributed by atoms with van der Waals surface area (Å²) in [5, 5.41) is 8.89. The summed E-state index contributed by atoms with van der Waals surface area (Å²) < 4.78 is 10.7. The highest BCUT2D eigenvalue weighted by molar-refractivity contribution is 5.78. The van der Waals surface area contributed by atoms with E-state index in [9.17, 15) is 9.59 Å². The van der Waals surface area contributed by atoms with Gasteiger partial charge in [-0.25, -0.2) is 4.79 Å². The molecule has 0 aromatic rings. The molecule has 0 spiro atoms. The number of hydrogen-bond donors (Lipinski definition) is 1. The fourth-order valence-electron chi connectivity index (χ4n) is 2.50. The number of aliphatic carboxylic acids is 1. The van der Waals surface area contributed by atoms with Gasteiger partial charge in [-0.15, -0.1) is 0 Å². The summed E-state index contributed by atoms with van der Waals surface area (Å²) in [5.74, 6) is -1.00. The third-order valence-corrected chi connectivity index (χ3v) is 3.65. The highest BCUT2D eigenvalue weighted by Crippen LogP contribution is 2.18. The summed E-state index contributed by atoms with van der Waals surface area (Å²) in [6.45, 7) is 1.72. The number of carbonyl (C=O) groups excluding carboxylic acids is 1. The van der Waals surface area contributed by atoms with Crippen molar-refractivity contribution in [1.29, 1.82) is 0 Å². The van der Waals surface area contributed by atoms with Crippen molar-refractivity contribution in [3.63, 3.8) is 0 Å². The minimum Gasteiger partial charge on any atom is -0.479 e. The molecule has 0 unspecified atom stereocenters. The van der Waals surface area contributed by atoms with Gasteiger partial charge in [-0.1, -0.05) is 0 Å². The Kier molecular flexibility index (Phi) is 5.15. The highest BCUT2D eigenvalue weighted by atomic mass is 16.5. The van der Waals surface area contributed by atoms with Crippen LogP contribution in [0.4, 0.5) is 0 Å². The lowest BCUT2D eigenvalue weighted by molar-refractivity contribution is -0.159. The number of amides is 1. The van der Waals surface area contributed by atoms with Crippen LogP contribution in [0.3, 0.4) is 0 Å². The average molecular weight is 271 g/mol. The zero-order valence-corrected chi connectivity index (χ0v) is 11.0. The fourth-order valence-corrected chi connectivity index (χ4v) is 2.50. The van der Waals surface area contributed by atoms with E-state index in [-0.39, 0.29) is 18.6 Å². The Balaban J connectivity index is 1.74. The van der Waals surface area contributed by atoms with Crippen LogP contribution in [-0.4, -0.2) is 60.4 Å². The second-order valence-corrected chi connectivity index (χ2v) is 5.06. The van der Waals surface area contributed by atoms with Crippen LogP contribution in [0.25, 0.3) is 0 Å². The Morgan fingerprint density at radius 2 is 2.05 bits per heavy atom. The number of carbonyl (C=O) groups is 2. The number of morpholine rings is 1. The number of carboxylic acids is 1. The summed E-state index contributed by atoms with van der Waals surface area (Å²) in [4.78, 5) is 24.5. The number of nitrogens with zero attached hydrogens (tertiary/aromatic N) is 1. The summed E-state index contributed by atoms with van der Waals surface area (Å²) in [5.41, 5.74) is 0. The van der Waals surface area contributed by atoms with E-state index in [2.05, 4.69) is 0 Å². The molecule has 6 nitrogen and oxygen atoms in total. The fraction of sp³-hybridized carbons (Fsp3) is 0.846. The first kappa shape index (κ1) is 14.3. The summed E-state index contributed by atoms with van der Waals surface area (Å²) in [6, 6.07) is 0. The van der Waals surface area contributed by atoms with E-state index in [0.29, 0.717) is 19.6 Å². The Labute approximate surface area is 112 Å². The van der Waals surface area contributed by atoms with Crippen LogP contribution in [0.2, 0.25) is 0 Å². The summed E-state index contributed by atoms with van der Waals surface area (Å²) in [6.07, 6.45) is 3.75. The number of rotatable bonds is 4. The zero-order chi connectivity index (χ0) is 13.7. The summed E-state index contributed by atoms with van der Waals surface area (Å²) in [7, 11) is 0. The maximum Gasteiger partial charge on any atom is 0.334 e. The lowest BCUT2D eigenvalue weighted by atomic mass is 10.0. The normalized spacial score (nSPS) is 28.1. The van der Waals surface area contributed by atoms with E-state index in [1.807, 2.05) is 0 Å². The van der Waals surface area contributed by atoms with Gasteiger partial charge in [-0.05, 0) is 25.7 Å². The number of hydrogen-bond acceptors (Lipinski definition) is 4. The van der Waals surface area contributed by atoms with Crippen molar-refractivity contribution in [3.8, 4) is 0 Å². The van der Waals surface area contributed by atoms with Gasteiger partial charge in [0.05, 0.1) is 19.3 Å². The van der Waals surface area contributed by atoms with Crippen molar-refractivity contribution in [1.82, 2.24) is 4.90 Å². The van der Waals surface area contributed by atoms with Gasteiger partial charge in [0.1, 0.15) is 0 Å². The van der Waals surface area contributed by atoms with Crippen molar-refractivity contribution in [2.75, 3.05) is 26.3 Å². The molecular weight excluding hydrogens is 250 g/mol. The molecule has 1 amide bonds. The largest absolute Gasteiger partial charge is 0.479 e. The predicted molar refractivity (Wildman–Crippen MR) is 66.8 cm³/mol. The first-order valence-electron chi connectivity index (χ1n) is 6.90. The van der Waals surface area contributed by atoms with E-state index in [4.69, 9.17) is 14.6 Å². The maximum atomic E-state index is 12.0. The third kappa shape index (κ3) is 4.18. The molecule has 19 heavy (non-hydrogen) atoms. The molecule has 1 N–H and O–H groups in total. The highest BCUT2D eigenvalue weighted by Gasteiger charge is 2.29. The molecular formula is C13H21NO5. The van der Waals surface area contributed by atoms with Crippen LogP contribution in [-0.2, 0) is 19.1 Å². The van der Waals surface area contributed by atoms with Crippen LogP contribution in [0.1, 0.15) is 32.1 Å². The van der Waals surface area contributed by atoms with Gasteiger partial charge < -0.3 is 19.5 Å². The molecule has 2 heterocycles. The van der Waals surface area contributed by atoms with Gasteiger partial charge in [-0.3, -0.25) is 4.79 Å². The van der Waals surface area contributed by atoms with Gasteiger partial charge in [0.25, 0.3) is 0 Å². The molecule has 0 bridgehead atoms. The molecule has 2 aliphatic heterocycles. The molecule has 2 rings (SSSR count).